The van der Waals surface area contributed by atoms with Crippen LogP contribution in [0.4, 0.5) is 5.82 Å². The molecule has 7 heteroatoms. The lowest BCUT2D eigenvalue weighted by Crippen LogP contribution is -2.50. The van der Waals surface area contributed by atoms with Crippen LogP contribution in [0, 0.1) is 5.92 Å². The lowest BCUT2D eigenvalue weighted by molar-refractivity contribution is -0.137. The highest BCUT2D eigenvalue weighted by molar-refractivity contribution is 7.13. The molecule has 0 aromatic carbocycles. The topological polar surface area (TPSA) is 52.6 Å². The second-order valence-electron chi connectivity index (χ2n) is 7.14. The summed E-state index contributed by atoms with van der Waals surface area (Å²) in [5, 5.41) is 10.8. The zero-order valence-electron chi connectivity index (χ0n) is 15.2. The molecule has 26 heavy (non-hydrogen) atoms. The van der Waals surface area contributed by atoms with E-state index < -0.39 is 0 Å². The van der Waals surface area contributed by atoms with Gasteiger partial charge in [-0.1, -0.05) is 6.07 Å². The SMILES string of the molecule is CN1CCN(C(=O)C2CCN(c3ccc(-c4cccs4)nn3)CC2)CC1. The van der Waals surface area contributed by atoms with Crippen molar-refractivity contribution in [3.63, 3.8) is 0 Å². The van der Waals surface area contributed by atoms with E-state index >= 15 is 0 Å². The Hall–Kier alpha value is -1.99. The van der Waals surface area contributed by atoms with Crippen molar-refractivity contribution in [1.29, 1.82) is 0 Å². The number of anilines is 1. The van der Waals surface area contributed by atoms with E-state index in [9.17, 15) is 4.79 Å². The van der Waals surface area contributed by atoms with Gasteiger partial charge in [0.05, 0.1) is 4.88 Å². The molecular weight excluding hydrogens is 346 g/mol. The molecule has 2 aromatic rings. The molecule has 1 amide bonds. The van der Waals surface area contributed by atoms with Gasteiger partial charge in [0.1, 0.15) is 5.69 Å². The minimum atomic E-state index is 0.160. The maximum atomic E-state index is 12.7. The summed E-state index contributed by atoms with van der Waals surface area (Å²) in [5.41, 5.74) is 0.920. The molecule has 6 nitrogen and oxygen atoms in total. The van der Waals surface area contributed by atoms with Crippen LogP contribution in [0.5, 0.6) is 0 Å². The molecule has 4 heterocycles. The molecule has 138 valence electrons. The predicted octanol–water partition coefficient (Wildman–Crippen LogP) is 2.20. The lowest BCUT2D eigenvalue weighted by atomic mass is 9.95. The van der Waals surface area contributed by atoms with Crippen molar-refractivity contribution in [3.8, 4) is 10.6 Å². The van der Waals surface area contributed by atoms with Gasteiger partial charge < -0.3 is 14.7 Å². The molecule has 2 saturated heterocycles. The summed E-state index contributed by atoms with van der Waals surface area (Å²) in [7, 11) is 2.12. The molecule has 2 aromatic heterocycles. The molecule has 0 bridgehead atoms. The van der Waals surface area contributed by atoms with Crippen LogP contribution in [0.1, 0.15) is 12.8 Å². The monoisotopic (exact) mass is 371 g/mol. The van der Waals surface area contributed by atoms with E-state index in [0.29, 0.717) is 5.91 Å². The first kappa shape index (κ1) is 17.4. The van der Waals surface area contributed by atoms with Crippen molar-refractivity contribution in [1.82, 2.24) is 20.0 Å². The van der Waals surface area contributed by atoms with Crippen LogP contribution >= 0.6 is 11.3 Å². The number of carbonyl (C=O) groups excluding carboxylic acids is 1. The number of aromatic nitrogens is 2. The molecule has 0 spiro atoms. The number of piperidine rings is 1. The molecule has 0 radical (unpaired) electrons. The number of likely N-dealkylation sites (N-methyl/N-ethyl adjacent to an activating group) is 1. The van der Waals surface area contributed by atoms with Crippen molar-refractivity contribution in [2.24, 2.45) is 5.92 Å². The van der Waals surface area contributed by atoms with Gasteiger partial charge >= 0.3 is 0 Å². The van der Waals surface area contributed by atoms with Crippen molar-refractivity contribution < 1.29 is 4.79 Å². The summed E-state index contributed by atoms with van der Waals surface area (Å²) in [6, 6.07) is 8.17. The minimum Gasteiger partial charge on any atom is -0.355 e. The Morgan fingerprint density at radius 1 is 1.04 bits per heavy atom. The van der Waals surface area contributed by atoms with Crippen LogP contribution in [-0.2, 0) is 4.79 Å². The number of piperazine rings is 1. The first-order chi connectivity index (χ1) is 12.7. The maximum absolute atomic E-state index is 12.7. The van der Waals surface area contributed by atoms with Crippen molar-refractivity contribution in [3.05, 3.63) is 29.6 Å². The van der Waals surface area contributed by atoms with Gasteiger partial charge in [-0.2, -0.15) is 0 Å². The summed E-state index contributed by atoms with van der Waals surface area (Å²) in [5.74, 6) is 1.42. The summed E-state index contributed by atoms with van der Waals surface area (Å²) >= 11 is 1.67. The highest BCUT2D eigenvalue weighted by Gasteiger charge is 2.30. The van der Waals surface area contributed by atoms with Crippen LogP contribution in [-0.4, -0.2) is 72.2 Å². The second-order valence-corrected chi connectivity index (χ2v) is 8.09. The Morgan fingerprint density at radius 2 is 1.81 bits per heavy atom. The predicted molar refractivity (Wildman–Crippen MR) is 104 cm³/mol. The van der Waals surface area contributed by atoms with Gasteiger partial charge in [0.25, 0.3) is 0 Å². The molecule has 0 unspecified atom stereocenters. The largest absolute Gasteiger partial charge is 0.355 e. The van der Waals surface area contributed by atoms with E-state index in [4.69, 9.17) is 0 Å². The standard InChI is InChI=1S/C19H25N5OS/c1-22-10-12-24(13-11-22)19(25)15-6-8-23(9-7-15)18-5-4-16(20-21-18)17-3-2-14-26-17/h2-5,14-15H,6-13H2,1H3. The lowest BCUT2D eigenvalue weighted by Gasteiger charge is -2.37. The van der Waals surface area contributed by atoms with E-state index in [0.717, 1.165) is 68.5 Å². The van der Waals surface area contributed by atoms with Crippen LogP contribution in [0.3, 0.4) is 0 Å². The number of hydrogen-bond acceptors (Lipinski definition) is 6. The molecule has 2 aliphatic heterocycles. The highest BCUT2D eigenvalue weighted by Crippen LogP contribution is 2.26. The summed E-state index contributed by atoms with van der Waals surface area (Å²) in [4.78, 5) is 20.5. The summed E-state index contributed by atoms with van der Waals surface area (Å²) in [6.45, 7) is 5.44. The number of rotatable bonds is 3. The number of hydrogen-bond donors (Lipinski definition) is 0. The van der Waals surface area contributed by atoms with Crippen LogP contribution < -0.4 is 4.90 Å². The van der Waals surface area contributed by atoms with Crippen LogP contribution in [0.25, 0.3) is 10.6 Å². The summed E-state index contributed by atoms with van der Waals surface area (Å²) in [6.07, 6.45) is 1.80. The van der Waals surface area contributed by atoms with E-state index in [2.05, 4.69) is 38.0 Å². The molecule has 0 saturated carbocycles. The van der Waals surface area contributed by atoms with Gasteiger partial charge in [0.15, 0.2) is 5.82 Å². The zero-order valence-corrected chi connectivity index (χ0v) is 16.0. The summed E-state index contributed by atoms with van der Waals surface area (Å²) < 4.78 is 0. The molecule has 2 fully saturated rings. The Bertz CT molecular complexity index is 717. The zero-order chi connectivity index (χ0) is 17.9. The number of amides is 1. The van der Waals surface area contributed by atoms with Gasteiger partial charge in [-0.3, -0.25) is 4.79 Å². The van der Waals surface area contributed by atoms with E-state index in [-0.39, 0.29) is 5.92 Å². The average Bonchev–Trinajstić information content (AvgIpc) is 3.23. The third kappa shape index (κ3) is 3.73. The fraction of sp³-hybridized carbons (Fsp3) is 0.526. The second kappa shape index (κ2) is 7.72. The van der Waals surface area contributed by atoms with Crippen LogP contribution in [0.2, 0.25) is 0 Å². The van der Waals surface area contributed by atoms with Gasteiger partial charge in [-0.25, -0.2) is 0 Å². The minimum absolute atomic E-state index is 0.160. The molecule has 0 N–H and O–H groups in total. The number of nitrogens with zero attached hydrogens (tertiary/aromatic N) is 5. The Balaban J connectivity index is 1.32. The normalized spacial score (nSPS) is 19.7. The third-order valence-electron chi connectivity index (χ3n) is 5.41. The fourth-order valence-electron chi connectivity index (χ4n) is 3.69. The molecule has 2 aliphatic rings. The highest BCUT2D eigenvalue weighted by atomic mass is 32.1. The van der Waals surface area contributed by atoms with Gasteiger partial charge in [-0.05, 0) is 43.5 Å². The molecular formula is C19H25N5OS. The maximum Gasteiger partial charge on any atom is 0.225 e. The molecule has 0 atom stereocenters. The average molecular weight is 372 g/mol. The first-order valence-electron chi connectivity index (χ1n) is 9.30. The van der Waals surface area contributed by atoms with Crippen molar-refractivity contribution in [2.75, 3.05) is 51.2 Å². The number of carbonyl (C=O) groups is 1. The van der Waals surface area contributed by atoms with E-state index in [1.807, 2.05) is 23.6 Å². The third-order valence-corrected chi connectivity index (χ3v) is 6.30. The Kier molecular flexibility index (Phi) is 5.17. The Labute approximate surface area is 158 Å². The fourth-order valence-corrected chi connectivity index (χ4v) is 4.38. The van der Waals surface area contributed by atoms with Crippen molar-refractivity contribution in [2.45, 2.75) is 12.8 Å². The van der Waals surface area contributed by atoms with E-state index in [1.54, 1.807) is 11.3 Å². The van der Waals surface area contributed by atoms with Gasteiger partial charge in [-0.15, -0.1) is 21.5 Å². The first-order valence-corrected chi connectivity index (χ1v) is 10.2. The molecule has 4 rings (SSSR count). The van der Waals surface area contributed by atoms with E-state index in [1.165, 1.54) is 0 Å². The van der Waals surface area contributed by atoms with Gasteiger partial charge in [0.2, 0.25) is 5.91 Å². The number of thiophene rings is 1. The van der Waals surface area contributed by atoms with Gasteiger partial charge in [0, 0.05) is 45.2 Å². The van der Waals surface area contributed by atoms with Crippen molar-refractivity contribution >= 4 is 23.1 Å². The smallest absolute Gasteiger partial charge is 0.225 e. The Morgan fingerprint density at radius 3 is 2.42 bits per heavy atom. The molecule has 0 aliphatic carbocycles. The quantitative estimate of drug-likeness (QED) is 0.828. The van der Waals surface area contributed by atoms with Crippen LogP contribution in [0.15, 0.2) is 29.6 Å².